The number of hydrogen-bond donors (Lipinski definition) is 0. The molecule has 1 saturated heterocycles. The Hall–Kier alpha value is -3.28. The van der Waals surface area contributed by atoms with Crippen LogP contribution in [0.25, 0.3) is 5.57 Å². The highest BCUT2D eigenvalue weighted by molar-refractivity contribution is 6.45. The van der Waals surface area contributed by atoms with Gasteiger partial charge in [-0.2, -0.15) is 0 Å². The Labute approximate surface area is 176 Å². The molecule has 0 atom stereocenters. The van der Waals surface area contributed by atoms with E-state index >= 15 is 0 Å². The number of likely N-dealkylation sites (tertiary alicyclic amines) is 1. The first-order chi connectivity index (χ1) is 14.5. The Morgan fingerprint density at radius 1 is 0.833 bits per heavy atom. The van der Waals surface area contributed by atoms with Gasteiger partial charge in [0.2, 0.25) is 0 Å². The molecular weight excluding hydrogens is 380 g/mol. The molecule has 6 nitrogen and oxygen atoms in total. The summed E-state index contributed by atoms with van der Waals surface area (Å²) in [7, 11) is 3.12. The van der Waals surface area contributed by atoms with Gasteiger partial charge >= 0.3 is 0 Å². The van der Waals surface area contributed by atoms with E-state index in [-0.39, 0.29) is 11.8 Å². The van der Waals surface area contributed by atoms with Crippen LogP contribution in [0.1, 0.15) is 29.5 Å². The molecule has 30 heavy (non-hydrogen) atoms. The number of imide groups is 1. The van der Waals surface area contributed by atoms with E-state index < -0.39 is 0 Å². The Morgan fingerprint density at radius 2 is 1.53 bits per heavy atom. The lowest BCUT2D eigenvalue weighted by atomic mass is 10.0. The fraction of sp³-hybridized carbons (Fsp3) is 0.333. The number of methoxy groups -OCH3 is 2. The third kappa shape index (κ3) is 3.22. The molecule has 0 aromatic heterocycles. The maximum atomic E-state index is 13.6. The van der Waals surface area contributed by atoms with Crippen molar-refractivity contribution >= 4 is 23.1 Å². The van der Waals surface area contributed by atoms with Crippen LogP contribution in [-0.4, -0.2) is 44.0 Å². The third-order valence-corrected chi connectivity index (χ3v) is 5.75. The van der Waals surface area contributed by atoms with Gasteiger partial charge < -0.3 is 14.4 Å². The van der Waals surface area contributed by atoms with E-state index in [0.717, 1.165) is 37.1 Å². The monoisotopic (exact) mass is 406 g/mol. The standard InChI is InChI=1S/C24H26N2O4/c1-15-7-9-18(16(2)13-15)26-23(27)21(22(24(26)28)25-11-5-6-12-25)17-8-10-19(29-3)20(14-17)30-4/h7-10,13-14H,5-6,11-12H2,1-4H3. The van der Waals surface area contributed by atoms with Crippen LogP contribution < -0.4 is 14.4 Å². The lowest BCUT2D eigenvalue weighted by Crippen LogP contribution is -2.35. The Balaban J connectivity index is 1.86. The molecule has 2 aromatic carbocycles. The van der Waals surface area contributed by atoms with Gasteiger partial charge in [-0.25, -0.2) is 4.90 Å². The second-order valence-electron chi connectivity index (χ2n) is 7.72. The minimum Gasteiger partial charge on any atom is -0.493 e. The number of ether oxygens (including phenoxy) is 2. The van der Waals surface area contributed by atoms with Gasteiger partial charge in [0.1, 0.15) is 5.70 Å². The van der Waals surface area contributed by atoms with E-state index in [1.54, 1.807) is 26.4 Å². The Morgan fingerprint density at radius 3 is 2.17 bits per heavy atom. The minimum atomic E-state index is -0.305. The maximum Gasteiger partial charge on any atom is 0.282 e. The number of amides is 2. The van der Waals surface area contributed by atoms with Crippen LogP contribution in [0.2, 0.25) is 0 Å². The molecule has 0 N–H and O–H groups in total. The molecule has 2 amide bonds. The van der Waals surface area contributed by atoms with Gasteiger partial charge in [-0.3, -0.25) is 9.59 Å². The molecule has 0 spiro atoms. The minimum absolute atomic E-state index is 0.265. The van der Waals surface area contributed by atoms with Crippen molar-refractivity contribution in [2.24, 2.45) is 0 Å². The molecule has 2 aromatic rings. The summed E-state index contributed by atoms with van der Waals surface area (Å²) in [6.07, 6.45) is 2.02. The highest BCUT2D eigenvalue weighted by Crippen LogP contribution is 2.39. The van der Waals surface area contributed by atoms with Gasteiger partial charge in [-0.05, 0) is 56.0 Å². The Bertz CT molecular complexity index is 1050. The van der Waals surface area contributed by atoms with Gasteiger partial charge in [0.25, 0.3) is 11.8 Å². The fourth-order valence-electron chi connectivity index (χ4n) is 4.28. The largest absolute Gasteiger partial charge is 0.493 e. The number of hydrogen-bond acceptors (Lipinski definition) is 5. The van der Waals surface area contributed by atoms with E-state index in [2.05, 4.69) is 0 Å². The number of nitrogens with zero attached hydrogens (tertiary/aromatic N) is 2. The van der Waals surface area contributed by atoms with Crippen LogP contribution >= 0.6 is 0 Å². The lowest BCUT2D eigenvalue weighted by Gasteiger charge is -2.21. The first-order valence-electron chi connectivity index (χ1n) is 10.1. The number of rotatable bonds is 5. The van der Waals surface area contributed by atoms with Crippen molar-refractivity contribution in [2.45, 2.75) is 26.7 Å². The van der Waals surface area contributed by atoms with Crippen molar-refractivity contribution in [1.29, 1.82) is 0 Å². The van der Waals surface area contributed by atoms with Crippen LogP contribution in [0.4, 0.5) is 5.69 Å². The normalized spacial score (nSPS) is 16.7. The molecule has 2 aliphatic heterocycles. The number of benzene rings is 2. The van der Waals surface area contributed by atoms with Crippen LogP contribution in [-0.2, 0) is 9.59 Å². The zero-order chi connectivity index (χ0) is 21.4. The maximum absolute atomic E-state index is 13.6. The summed E-state index contributed by atoms with van der Waals surface area (Å²) >= 11 is 0. The molecule has 2 heterocycles. The lowest BCUT2D eigenvalue weighted by molar-refractivity contribution is -0.120. The predicted molar refractivity (Wildman–Crippen MR) is 116 cm³/mol. The predicted octanol–water partition coefficient (Wildman–Crippen LogP) is 3.70. The van der Waals surface area contributed by atoms with Crippen molar-refractivity contribution in [2.75, 3.05) is 32.2 Å². The topological polar surface area (TPSA) is 59.1 Å². The molecule has 0 unspecified atom stereocenters. The zero-order valence-corrected chi connectivity index (χ0v) is 17.8. The highest BCUT2D eigenvalue weighted by Gasteiger charge is 2.43. The van der Waals surface area contributed by atoms with Crippen molar-refractivity contribution in [3.63, 3.8) is 0 Å². The van der Waals surface area contributed by atoms with Crippen LogP contribution in [0, 0.1) is 13.8 Å². The number of carbonyl (C=O) groups excluding carboxylic acids is 2. The van der Waals surface area contributed by atoms with E-state index in [0.29, 0.717) is 34.0 Å². The fourth-order valence-corrected chi connectivity index (χ4v) is 4.28. The summed E-state index contributed by atoms with van der Waals surface area (Å²) < 4.78 is 10.8. The molecule has 4 rings (SSSR count). The summed E-state index contributed by atoms with van der Waals surface area (Å²) in [6, 6.07) is 11.1. The molecular formula is C24H26N2O4. The van der Waals surface area contributed by atoms with Crippen LogP contribution in [0.5, 0.6) is 11.5 Å². The van der Waals surface area contributed by atoms with Crippen molar-refractivity contribution < 1.29 is 19.1 Å². The third-order valence-electron chi connectivity index (χ3n) is 5.75. The zero-order valence-electron chi connectivity index (χ0n) is 17.8. The van der Waals surface area contributed by atoms with Crippen molar-refractivity contribution in [1.82, 2.24) is 4.90 Å². The van der Waals surface area contributed by atoms with Gasteiger partial charge in [-0.15, -0.1) is 0 Å². The molecule has 2 aliphatic rings. The molecule has 1 fully saturated rings. The summed E-state index contributed by atoms with van der Waals surface area (Å²) in [5.41, 5.74) is 4.16. The first kappa shape index (κ1) is 20.0. The average molecular weight is 406 g/mol. The molecule has 0 saturated carbocycles. The quantitative estimate of drug-likeness (QED) is 0.709. The van der Waals surface area contributed by atoms with Crippen molar-refractivity contribution in [3.8, 4) is 11.5 Å². The van der Waals surface area contributed by atoms with E-state index in [1.165, 1.54) is 4.90 Å². The molecule has 0 aliphatic carbocycles. The van der Waals surface area contributed by atoms with Gasteiger partial charge in [0.15, 0.2) is 11.5 Å². The Kier molecular flexibility index (Phi) is 5.24. The molecule has 156 valence electrons. The number of aryl methyl sites for hydroxylation is 2. The van der Waals surface area contributed by atoms with Crippen LogP contribution in [0.3, 0.4) is 0 Å². The number of anilines is 1. The smallest absolute Gasteiger partial charge is 0.282 e. The molecule has 0 bridgehead atoms. The summed E-state index contributed by atoms with van der Waals surface area (Å²) in [6.45, 7) is 5.46. The van der Waals surface area contributed by atoms with Crippen molar-refractivity contribution in [3.05, 3.63) is 58.8 Å². The van der Waals surface area contributed by atoms with Gasteiger partial charge in [0.05, 0.1) is 25.5 Å². The molecule has 0 radical (unpaired) electrons. The van der Waals surface area contributed by atoms with E-state index in [1.807, 2.05) is 43.0 Å². The number of carbonyl (C=O) groups is 2. The first-order valence-corrected chi connectivity index (χ1v) is 10.1. The second-order valence-corrected chi connectivity index (χ2v) is 7.72. The summed E-state index contributed by atoms with van der Waals surface area (Å²) in [5, 5.41) is 0. The van der Waals surface area contributed by atoms with E-state index in [4.69, 9.17) is 9.47 Å². The second kappa shape index (κ2) is 7.86. The van der Waals surface area contributed by atoms with Crippen LogP contribution in [0.15, 0.2) is 42.1 Å². The average Bonchev–Trinajstić information content (AvgIpc) is 3.34. The van der Waals surface area contributed by atoms with E-state index in [9.17, 15) is 9.59 Å². The van der Waals surface area contributed by atoms with Gasteiger partial charge in [-0.1, -0.05) is 23.8 Å². The van der Waals surface area contributed by atoms with Gasteiger partial charge in [0, 0.05) is 13.1 Å². The molecule has 6 heteroatoms. The SMILES string of the molecule is COc1ccc(C2=C(N3CCCC3)C(=O)N(c3ccc(C)cc3C)C2=O)cc1OC. The summed E-state index contributed by atoms with van der Waals surface area (Å²) in [4.78, 5) is 30.5. The highest BCUT2D eigenvalue weighted by atomic mass is 16.5. The summed E-state index contributed by atoms with van der Waals surface area (Å²) in [5.74, 6) is 0.528.